The van der Waals surface area contributed by atoms with Gasteiger partial charge in [-0.15, -0.1) is 22.7 Å². The zero-order valence-corrected chi connectivity index (χ0v) is 24.8. The van der Waals surface area contributed by atoms with Crippen LogP contribution < -0.4 is 4.90 Å². The van der Waals surface area contributed by atoms with Crippen LogP contribution >= 0.6 is 22.7 Å². The van der Waals surface area contributed by atoms with Gasteiger partial charge in [-0.1, -0.05) is 103 Å². The Morgan fingerprint density at radius 1 is 0.395 bits per heavy atom. The molecule has 0 N–H and O–H groups in total. The standard InChI is InChI=1S/C40H25NS2/c1-2-11-27(12-3-1)41(35-18-10-17-32-30-14-6-8-19-36(30)43-40(32)35)28-23-21-26(22-24-28)34-25-38-39(31-15-5-4-13-29(31)34)33-16-7-9-20-37(33)42-38/h1-25H. The Hall–Kier alpha value is -4.96. The molecule has 0 spiro atoms. The third-order valence-electron chi connectivity index (χ3n) is 8.46. The molecule has 2 aromatic heterocycles. The van der Waals surface area contributed by atoms with E-state index in [2.05, 4.69) is 157 Å². The van der Waals surface area contributed by atoms with E-state index in [0.29, 0.717) is 0 Å². The van der Waals surface area contributed by atoms with Gasteiger partial charge >= 0.3 is 0 Å². The molecule has 9 rings (SSSR count). The van der Waals surface area contributed by atoms with Gasteiger partial charge in [0.1, 0.15) is 0 Å². The minimum Gasteiger partial charge on any atom is -0.309 e. The number of para-hydroxylation sites is 1. The zero-order valence-electron chi connectivity index (χ0n) is 23.2. The van der Waals surface area contributed by atoms with Crippen molar-refractivity contribution in [2.75, 3.05) is 4.90 Å². The predicted octanol–water partition coefficient (Wildman–Crippen LogP) is 12.7. The molecular weight excluding hydrogens is 559 g/mol. The van der Waals surface area contributed by atoms with E-state index in [-0.39, 0.29) is 0 Å². The topological polar surface area (TPSA) is 3.24 Å². The van der Waals surface area contributed by atoms with Crippen LogP contribution in [0.4, 0.5) is 17.1 Å². The van der Waals surface area contributed by atoms with Crippen molar-refractivity contribution in [3.05, 3.63) is 152 Å². The van der Waals surface area contributed by atoms with Gasteiger partial charge < -0.3 is 4.90 Å². The summed E-state index contributed by atoms with van der Waals surface area (Å²) in [7, 11) is 0. The van der Waals surface area contributed by atoms with Crippen molar-refractivity contribution in [1.82, 2.24) is 0 Å². The molecule has 7 aromatic carbocycles. The fraction of sp³-hybridized carbons (Fsp3) is 0. The van der Waals surface area contributed by atoms with Crippen LogP contribution in [0, 0.1) is 0 Å². The average Bonchev–Trinajstić information content (AvgIpc) is 3.64. The van der Waals surface area contributed by atoms with Gasteiger partial charge in [0.15, 0.2) is 0 Å². The molecule has 0 unspecified atom stereocenters. The molecule has 0 aliphatic heterocycles. The molecule has 0 saturated carbocycles. The van der Waals surface area contributed by atoms with Crippen molar-refractivity contribution in [3.63, 3.8) is 0 Å². The van der Waals surface area contributed by atoms with Gasteiger partial charge in [-0.3, -0.25) is 0 Å². The van der Waals surface area contributed by atoms with Crippen LogP contribution in [0.15, 0.2) is 152 Å². The number of nitrogens with zero attached hydrogens (tertiary/aromatic N) is 1. The number of hydrogen-bond acceptors (Lipinski definition) is 3. The van der Waals surface area contributed by atoms with E-state index in [0.717, 1.165) is 11.4 Å². The average molecular weight is 584 g/mol. The third-order valence-corrected chi connectivity index (χ3v) is 10.8. The van der Waals surface area contributed by atoms with Crippen LogP contribution in [0.25, 0.3) is 62.2 Å². The summed E-state index contributed by atoms with van der Waals surface area (Å²) in [6, 6.07) is 55.3. The van der Waals surface area contributed by atoms with Crippen LogP contribution in [0.3, 0.4) is 0 Å². The summed E-state index contributed by atoms with van der Waals surface area (Å²) < 4.78 is 5.29. The highest BCUT2D eigenvalue weighted by molar-refractivity contribution is 7.26. The first-order chi connectivity index (χ1) is 21.3. The van der Waals surface area contributed by atoms with Crippen LogP contribution in [-0.4, -0.2) is 0 Å². The van der Waals surface area contributed by atoms with E-state index in [4.69, 9.17) is 0 Å². The molecule has 202 valence electrons. The van der Waals surface area contributed by atoms with E-state index in [1.54, 1.807) is 0 Å². The van der Waals surface area contributed by atoms with Gasteiger partial charge in [0.2, 0.25) is 0 Å². The van der Waals surface area contributed by atoms with Crippen LogP contribution in [0.2, 0.25) is 0 Å². The maximum Gasteiger partial charge on any atom is 0.0640 e. The Labute approximate surface area is 257 Å². The zero-order chi connectivity index (χ0) is 28.3. The number of hydrogen-bond donors (Lipinski definition) is 0. The number of fused-ring (bicyclic) bond motifs is 8. The lowest BCUT2D eigenvalue weighted by Gasteiger charge is -2.26. The summed E-state index contributed by atoms with van der Waals surface area (Å²) >= 11 is 3.75. The summed E-state index contributed by atoms with van der Waals surface area (Å²) in [6.45, 7) is 0. The molecule has 0 radical (unpaired) electrons. The maximum absolute atomic E-state index is 2.40. The van der Waals surface area contributed by atoms with Crippen molar-refractivity contribution in [2.24, 2.45) is 0 Å². The first-order valence-corrected chi connectivity index (χ1v) is 16.2. The first kappa shape index (κ1) is 24.6. The summed E-state index contributed by atoms with van der Waals surface area (Å²) in [5.74, 6) is 0. The first-order valence-electron chi connectivity index (χ1n) is 14.5. The summed E-state index contributed by atoms with van der Waals surface area (Å²) in [5.41, 5.74) is 6.01. The Morgan fingerprint density at radius 2 is 1.00 bits per heavy atom. The molecule has 0 aliphatic carbocycles. The Morgan fingerprint density at radius 3 is 1.79 bits per heavy atom. The number of benzene rings is 7. The Kier molecular flexibility index (Phi) is 5.62. The molecular formula is C40H25NS2. The largest absolute Gasteiger partial charge is 0.309 e. The summed E-state index contributed by atoms with van der Waals surface area (Å²) in [5, 5.41) is 7.94. The molecule has 1 nitrogen and oxygen atoms in total. The van der Waals surface area contributed by atoms with Crippen LogP contribution in [0.1, 0.15) is 0 Å². The molecule has 0 aliphatic rings. The summed E-state index contributed by atoms with van der Waals surface area (Å²) in [4.78, 5) is 2.40. The lowest BCUT2D eigenvalue weighted by Crippen LogP contribution is -2.09. The summed E-state index contributed by atoms with van der Waals surface area (Å²) in [6.07, 6.45) is 0. The fourth-order valence-corrected chi connectivity index (χ4v) is 8.90. The second kappa shape index (κ2) is 9.81. The SMILES string of the molecule is c1ccc(N(c2ccc(-c3cc4sc5ccccc5c4c4ccccc34)cc2)c2cccc3c2sc2ccccc23)cc1. The minimum absolute atomic E-state index is 1.15. The quantitative estimate of drug-likeness (QED) is 0.199. The molecule has 2 heterocycles. The smallest absolute Gasteiger partial charge is 0.0640 e. The molecule has 0 amide bonds. The lowest BCUT2D eigenvalue weighted by atomic mass is 9.95. The van der Waals surface area contributed by atoms with Crippen molar-refractivity contribution < 1.29 is 0 Å². The number of rotatable bonds is 4. The predicted molar refractivity (Wildman–Crippen MR) is 190 cm³/mol. The van der Waals surface area contributed by atoms with E-state index in [1.807, 2.05) is 22.7 Å². The van der Waals surface area contributed by atoms with Gasteiger partial charge in [-0.05, 0) is 70.4 Å². The lowest BCUT2D eigenvalue weighted by molar-refractivity contribution is 1.30. The third kappa shape index (κ3) is 3.90. The highest BCUT2D eigenvalue weighted by atomic mass is 32.1. The molecule has 9 aromatic rings. The van der Waals surface area contributed by atoms with Crippen molar-refractivity contribution in [2.45, 2.75) is 0 Å². The highest BCUT2D eigenvalue weighted by Crippen LogP contribution is 2.46. The van der Waals surface area contributed by atoms with E-state index >= 15 is 0 Å². The molecule has 43 heavy (non-hydrogen) atoms. The monoisotopic (exact) mass is 583 g/mol. The van der Waals surface area contributed by atoms with Gasteiger partial charge in [-0.2, -0.15) is 0 Å². The second-order valence-electron chi connectivity index (χ2n) is 10.9. The van der Waals surface area contributed by atoms with Gasteiger partial charge in [0.05, 0.1) is 10.4 Å². The van der Waals surface area contributed by atoms with Crippen LogP contribution in [-0.2, 0) is 0 Å². The molecule has 0 atom stereocenters. The van der Waals surface area contributed by atoms with Crippen molar-refractivity contribution >= 4 is 90.9 Å². The molecule has 0 bridgehead atoms. The highest BCUT2D eigenvalue weighted by Gasteiger charge is 2.19. The van der Waals surface area contributed by atoms with Gasteiger partial charge in [0.25, 0.3) is 0 Å². The van der Waals surface area contributed by atoms with E-state index in [9.17, 15) is 0 Å². The van der Waals surface area contributed by atoms with Gasteiger partial charge in [0, 0.05) is 47.0 Å². The molecule has 3 heteroatoms. The molecule has 0 fully saturated rings. The van der Waals surface area contributed by atoms with Crippen molar-refractivity contribution in [3.8, 4) is 11.1 Å². The van der Waals surface area contributed by atoms with E-state index < -0.39 is 0 Å². The molecule has 0 saturated heterocycles. The van der Waals surface area contributed by atoms with Gasteiger partial charge in [-0.25, -0.2) is 0 Å². The Balaban J connectivity index is 1.23. The Bertz CT molecular complexity index is 2450. The fourth-order valence-electron chi connectivity index (χ4n) is 6.53. The number of thiophene rings is 2. The maximum atomic E-state index is 2.40. The normalized spacial score (nSPS) is 11.7. The van der Waals surface area contributed by atoms with Crippen LogP contribution in [0.5, 0.6) is 0 Å². The van der Waals surface area contributed by atoms with Crippen molar-refractivity contribution in [1.29, 1.82) is 0 Å². The minimum atomic E-state index is 1.15. The number of anilines is 3. The second-order valence-corrected chi connectivity index (χ2v) is 13.0. The van der Waals surface area contributed by atoms with E-state index in [1.165, 1.54) is 67.9 Å².